The molecule has 2 saturated heterocycles. The Morgan fingerprint density at radius 2 is 1.92 bits per heavy atom. The van der Waals surface area contributed by atoms with Crippen molar-refractivity contribution in [1.82, 2.24) is 19.4 Å². The van der Waals surface area contributed by atoms with E-state index in [0.29, 0.717) is 67.9 Å². The van der Waals surface area contributed by atoms with Crippen molar-refractivity contribution in [2.24, 2.45) is 5.92 Å². The number of benzene rings is 1. The van der Waals surface area contributed by atoms with Crippen LogP contribution in [0.25, 0.3) is 11.2 Å². The lowest BCUT2D eigenvalue weighted by molar-refractivity contribution is -0.00758. The van der Waals surface area contributed by atoms with Gasteiger partial charge in [0.15, 0.2) is 17.1 Å². The second-order valence-electron chi connectivity index (χ2n) is 9.15. The Labute approximate surface area is 207 Å². The minimum Gasteiger partial charge on any atom is -0.486 e. The minimum atomic E-state index is -0.359. The molecule has 0 bridgehead atoms. The largest absolute Gasteiger partial charge is 0.486 e. The smallest absolute Gasteiger partial charge is 0.414 e. The summed E-state index contributed by atoms with van der Waals surface area (Å²) in [6.07, 6.45) is 1.65. The topological polar surface area (TPSA) is 108 Å². The molecule has 0 spiro atoms. The number of amides is 1. The van der Waals surface area contributed by atoms with Gasteiger partial charge in [-0.25, -0.2) is 9.78 Å². The van der Waals surface area contributed by atoms with E-state index in [4.69, 9.17) is 18.9 Å². The van der Waals surface area contributed by atoms with Crippen molar-refractivity contribution in [2.45, 2.75) is 19.1 Å². The number of pyridine rings is 1. The van der Waals surface area contributed by atoms with E-state index >= 15 is 0 Å². The lowest BCUT2D eigenvalue weighted by atomic mass is 9.91. The number of fused-ring (bicyclic) bond motifs is 3. The van der Waals surface area contributed by atoms with Gasteiger partial charge in [0, 0.05) is 44.2 Å². The molecule has 2 atom stereocenters. The van der Waals surface area contributed by atoms with Crippen LogP contribution in [0.2, 0.25) is 0 Å². The Bertz CT molecular complexity index is 1360. The summed E-state index contributed by atoms with van der Waals surface area (Å²) in [7, 11) is 1.54. The molecule has 2 fully saturated rings. The highest BCUT2D eigenvalue weighted by Gasteiger charge is 2.40. The third kappa shape index (κ3) is 4.19. The Balaban J connectivity index is 1.12. The molecule has 3 aliphatic rings. The highest BCUT2D eigenvalue weighted by Crippen LogP contribution is 2.36. The number of likely N-dealkylation sites (tertiary alicyclic amines) is 1. The van der Waals surface area contributed by atoms with Crippen LogP contribution in [0, 0.1) is 5.92 Å². The number of ether oxygens (including phenoxy) is 4. The molecule has 11 nitrogen and oxygen atoms in total. The number of anilines is 1. The van der Waals surface area contributed by atoms with Gasteiger partial charge >= 0.3 is 6.09 Å². The van der Waals surface area contributed by atoms with Crippen molar-refractivity contribution in [3.8, 4) is 17.4 Å². The first-order valence-electron chi connectivity index (χ1n) is 12.1. The fourth-order valence-electron chi connectivity index (χ4n) is 5.08. The third-order valence-corrected chi connectivity index (χ3v) is 7.02. The maximum Gasteiger partial charge on any atom is 0.414 e. The van der Waals surface area contributed by atoms with Crippen LogP contribution in [0.15, 0.2) is 41.3 Å². The van der Waals surface area contributed by atoms with E-state index in [1.165, 1.54) is 13.3 Å². The lowest BCUT2D eigenvalue weighted by Crippen LogP contribution is -2.56. The second-order valence-corrected chi connectivity index (χ2v) is 9.15. The molecule has 3 aliphatic heterocycles. The summed E-state index contributed by atoms with van der Waals surface area (Å²) in [6, 6.07) is 9.05. The summed E-state index contributed by atoms with van der Waals surface area (Å²) in [5, 5.41) is 0. The van der Waals surface area contributed by atoms with Crippen LogP contribution in [0.3, 0.4) is 0 Å². The molecule has 36 heavy (non-hydrogen) atoms. The number of methoxy groups -OCH3 is 1. The highest BCUT2D eigenvalue weighted by atomic mass is 16.6. The third-order valence-electron chi connectivity index (χ3n) is 7.02. The fraction of sp³-hybridized carbons (Fsp3) is 0.440. The molecule has 11 heteroatoms. The van der Waals surface area contributed by atoms with Gasteiger partial charge in [0.1, 0.15) is 24.8 Å². The van der Waals surface area contributed by atoms with E-state index in [1.54, 1.807) is 21.6 Å². The highest BCUT2D eigenvalue weighted by molar-refractivity contribution is 5.89. The van der Waals surface area contributed by atoms with Gasteiger partial charge in [-0.15, -0.1) is 0 Å². The van der Waals surface area contributed by atoms with Crippen LogP contribution in [0.5, 0.6) is 17.4 Å². The number of rotatable bonds is 5. The zero-order valence-corrected chi connectivity index (χ0v) is 20.0. The van der Waals surface area contributed by atoms with Gasteiger partial charge in [-0.1, -0.05) is 0 Å². The van der Waals surface area contributed by atoms with E-state index in [0.717, 1.165) is 18.7 Å². The quantitative estimate of drug-likeness (QED) is 0.527. The molecule has 188 valence electrons. The van der Waals surface area contributed by atoms with Crippen LogP contribution in [-0.2, 0) is 11.3 Å². The zero-order chi connectivity index (χ0) is 24.6. The fourth-order valence-corrected chi connectivity index (χ4v) is 5.08. The van der Waals surface area contributed by atoms with Crippen molar-refractivity contribution < 1.29 is 23.7 Å². The number of carbonyl (C=O) groups excluding carboxylic acids is 1. The van der Waals surface area contributed by atoms with Crippen LogP contribution in [0.4, 0.5) is 10.5 Å². The number of hydrogen-bond donors (Lipinski definition) is 0. The van der Waals surface area contributed by atoms with Crippen molar-refractivity contribution >= 4 is 22.9 Å². The number of carbonyl (C=O) groups is 1. The summed E-state index contributed by atoms with van der Waals surface area (Å²) in [5.74, 6) is 1.99. The van der Waals surface area contributed by atoms with E-state index in [9.17, 15) is 9.59 Å². The normalized spacial score (nSPS) is 21.7. The Morgan fingerprint density at radius 3 is 2.78 bits per heavy atom. The molecule has 0 aliphatic carbocycles. The molecule has 0 radical (unpaired) electrons. The summed E-state index contributed by atoms with van der Waals surface area (Å²) in [5.41, 5.74) is 1.67. The monoisotopic (exact) mass is 493 g/mol. The molecule has 1 aromatic carbocycles. The summed E-state index contributed by atoms with van der Waals surface area (Å²) < 4.78 is 24.0. The number of hydrogen-bond acceptors (Lipinski definition) is 9. The van der Waals surface area contributed by atoms with E-state index in [2.05, 4.69) is 14.9 Å². The molecular weight excluding hydrogens is 466 g/mol. The van der Waals surface area contributed by atoms with E-state index < -0.39 is 0 Å². The van der Waals surface area contributed by atoms with Gasteiger partial charge in [-0.2, -0.15) is 4.98 Å². The first-order valence-corrected chi connectivity index (χ1v) is 12.1. The van der Waals surface area contributed by atoms with Gasteiger partial charge in [0.25, 0.3) is 5.56 Å². The maximum atomic E-state index is 12.9. The molecular formula is C25H27N5O6. The number of aromatic nitrogens is 3. The van der Waals surface area contributed by atoms with Gasteiger partial charge in [-0.05, 0) is 31.2 Å². The van der Waals surface area contributed by atoms with Gasteiger partial charge in [0.2, 0.25) is 5.88 Å². The van der Waals surface area contributed by atoms with Crippen LogP contribution in [-0.4, -0.2) is 78.1 Å². The van der Waals surface area contributed by atoms with Crippen molar-refractivity contribution in [2.75, 3.05) is 51.4 Å². The Kier molecular flexibility index (Phi) is 5.84. The predicted octanol–water partition coefficient (Wildman–Crippen LogP) is 1.92. The van der Waals surface area contributed by atoms with E-state index in [-0.39, 0.29) is 23.7 Å². The average Bonchev–Trinajstić information content (AvgIpc) is 2.91. The Hall–Kier alpha value is -3.86. The molecule has 1 amide bonds. The predicted molar refractivity (Wildman–Crippen MR) is 130 cm³/mol. The van der Waals surface area contributed by atoms with Crippen molar-refractivity contribution in [1.29, 1.82) is 0 Å². The minimum absolute atomic E-state index is 0.191. The van der Waals surface area contributed by atoms with Crippen molar-refractivity contribution in [3.63, 3.8) is 0 Å². The molecule has 1 unspecified atom stereocenters. The molecule has 2 aromatic heterocycles. The summed E-state index contributed by atoms with van der Waals surface area (Å²) in [6.45, 7) is 4.16. The second kappa shape index (κ2) is 9.30. The van der Waals surface area contributed by atoms with Crippen LogP contribution in [0.1, 0.15) is 6.42 Å². The molecule has 0 N–H and O–H groups in total. The van der Waals surface area contributed by atoms with Crippen LogP contribution >= 0.6 is 0 Å². The number of piperidine rings is 1. The number of nitrogens with zero attached hydrogens (tertiary/aromatic N) is 5. The van der Waals surface area contributed by atoms with Gasteiger partial charge in [-0.3, -0.25) is 19.2 Å². The Morgan fingerprint density at radius 1 is 1.06 bits per heavy atom. The van der Waals surface area contributed by atoms with Crippen molar-refractivity contribution in [3.05, 3.63) is 46.9 Å². The van der Waals surface area contributed by atoms with E-state index in [1.807, 2.05) is 18.2 Å². The first-order chi connectivity index (χ1) is 17.6. The van der Waals surface area contributed by atoms with Crippen LogP contribution < -0.4 is 24.7 Å². The molecule has 5 heterocycles. The molecule has 3 aromatic rings. The van der Waals surface area contributed by atoms with Gasteiger partial charge in [0.05, 0.1) is 19.0 Å². The average molecular weight is 494 g/mol. The molecule has 0 saturated carbocycles. The zero-order valence-electron chi connectivity index (χ0n) is 20.0. The maximum absolute atomic E-state index is 12.9. The summed E-state index contributed by atoms with van der Waals surface area (Å²) >= 11 is 0. The SMILES string of the molecule is COc1ccc2ncc(=O)n(CCN3CC[C@@H]4CN(c5ccc6c(c5)OCCO6)C(=O)OC4C3)c2n1. The molecule has 6 rings (SSSR count). The summed E-state index contributed by atoms with van der Waals surface area (Å²) in [4.78, 5) is 38.0. The first kappa shape index (κ1) is 22.6. The standard InChI is InChI=1S/C25H27N5O6/c1-33-22-5-3-18-24(27-22)29(23(31)13-26-18)9-8-28-7-6-16-14-30(25(32)36-21(16)15-28)17-2-4-19-20(12-17)35-11-10-34-19/h2-5,12-13,16,21H,6-11,14-15H2,1H3/t16-,21?/m1/s1. The lowest BCUT2D eigenvalue weighted by Gasteiger charge is -2.44. The van der Waals surface area contributed by atoms with Gasteiger partial charge < -0.3 is 18.9 Å².